The lowest BCUT2D eigenvalue weighted by Crippen LogP contribution is -1.72. The Balaban J connectivity index is 0.000000160. The van der Waals surface area contributed by atoms with Gasteiger partial charge < -0.3 is 20.4 Å². The van der Waals surface area contributed by atoms with Gasteiger partial charge in [-0.25, -0.2) is 0 Å². The van der Waals surface area contributed by atoms with Crippen molar-refractivity contribution in [1.82, 2.24) is 0 Å². The van der Waals surface area contributed by atoms with Crippen LogP contribution in [0.25, 0.3) is 10.8 Å². The fraction of sp³-hybridized carbons (Fsp3) is 0. The molecule has 0 aliphatic carbocycles. The molecule has 0 heterocycles. The molecule has 0 aromatic heterocycles. The number of aromatic hydroxyl groups is 4. The van der Waals surface area contributed by atoms with E-state index in [9.17, 15) is 5.11 Å². The summed E-state index contributed by atoms with van der Waals surface area (Å²) < 4.78 is 0. The number of hydrogen-bond acceptors (Lipinski definition) is 4. The minimum Gasteiger partial charge on any atom is -0.508 e. The van der Waals surface area contributed by atoms with Crippen LogP contribution >= 0.6 is 0 Å². The van der Waals surface area contributed by atoms with E-state index in [4.69, 9.17) is 15.3 Å². The predicted molar refractivity (Wildman–Crippen MR) is 77.0 cm³/mol. The highest BCUT2D eigenvalue weighted by Gasteiger charge is 1.98. The van der Waals surface area contributed by atoms with Crippen molar-refractivity contribution in [2.24, 2.45) is 0 Å². The molecule has 102 valence electrons. The van der Waals surface area contributed by atoms with Crippen LogP contribution in [-0.4, -0.2) is 20.4 Å². The maximum absolute atomic E-state index is 9.38. The molecule has 0 atom stereocenters. The Morgan fingerprint density at radius 1 is 0.550 bits per heavy atom. The van der Waals surface area contributed by atoms with Crippen LogP contribution in [0, 0.1) is 0 Å². The summed E-state index contributed by atoms with van der Waals surface area (Å²) >= 11 is 0. The molecule has 0 fully saturated rings. The highest BCUT2D eigenvalue weighted by molar-refractivity contribution is 5.88. The lowest BCUT2D eigenvalue weighted by molar-refractivity contribution is 0.450. The van der Waals surface area contributed by atoms with E-state index in [1.165, 1.54) is 18.2 Å². The minimum atomic E-state index is 0.0880. The fourth-order valence-electron chi connectivity index (χ4n) is 1.75. The van der Waals surface area contributed by atoms with Crippen molar-refractivity contribution >= 4 is 10.8 Å². The van der Waals surface area contributed by atoms with Crippen LogP contribution < -0.4 is 0 Å². The van der Waals surface area contributed by atoms with Crippen molar-refractivity contribution in [3.63, 3.8) is 0 Å². The normalized spacial score (nSPS) is 9.80. The first-order valence-electron chi connectivity index (χ1n) is 5.95. The Morgan fingerprint density at radius 3 is 1.75 bits per heavy atom. The maximum Gasteiger partial charge on any atom is 0.123 e. The Labute approximate surface area is 115 Å². The summed E-state index contributed by atoms with van der Waals surface area (Å²) in [6.45, 7) is 0. The van der Waals surface area contributed by atoms with Crippen molar-refractivity contribution in [3.05, 3.63) is 60.7 Å². The summed E-state index contributed by atoms with van der Waals surface area (Å²) in [5.74, 6) is 0.635. The molecule has 0 spiro atoms. The summed E-state index contributed by atoms with van der Waals surface area (Å²) in [5.41, 5.74) is 0. The fourth-order valence-corrected chi connectivity index (χ4v) is 1.75. The third kappa shape index (κ3) is 3.32. The molecule has 0 amide bonds. The lowest BCUT2D eigenvalue weighted by atomic mass is 10.1. The van der Waals surface area contributed by atoms with Gasteiger partial charge in [-0.3, -0.25) is 0 Å². The third-order valence-electron chi connectivity index (χ3n) is 2.67. The van der Waals surface area contributed by atoms with Crippen molar-refractivity contribution < 1.29 is 20.4 Å². The van der Waals surface area contributed by atoms with Gasteiger partial charge in [0.15, 0.2) is 0 Å². The number of benzene rings is 3. The van der Waals surface area contributed by atoms with Crippen molar-refractivity contribution in [2.45, 2.75) is 0 Å². The molecule has 0 bridgehead atoms. The number of fused-ring (bicyclic) bond motifs is 1. The summed E-state index contributed by atoms with van der Waals surface area (Å²) in [6, 6.07) is 15.9. The number of rotatable bonds is 0. The number of hydrogen-bond donors (Lipinski definition) is 4. The van der Waals surface area contributed by atoms with E-state index in [1.807, 2.05) is 6.07 Å². The second-order valence-corrected chi connectivity index (χ2v) is 4.20. The van der Waals surface area contributed by atoms with Crippen molar-refractivity contribution in [3.8, 4) is 23.0 Å². The van der Waals surface area contributed by atoms with Gasteiger partial charge in [0.1, 0.15) is 23.0 Å². The van der Waals surface area contributed by atoms with Crippen molar-refractivity contribution in [2.75, 3.05) is 0 Å². The van der Waals surface area contributed by atoms with Gasteiger partial charge in [0.05, 0.1) is 0 Å². The smallest absolute Gasteiger partial charge is 0.123 e. The van der Waals surface area contributed by atoms with E-state index < -0.39 is 0 Å². The summed E-state index contributed by atoms with van der Waals surface area (Å²) in [6.07, 6.45) is 0. The predicted octanol–water partition coefficient (Wildman–Crippen LogP) is 3.35. The Hall–Kier alpha value is -2.88. The first kappa shape index (κ1) is 13.5. The molecule has 20 heavy (non-hydrogen) atoms. The molecule has 0 aliphatic heterocycles. The average Bonchev–Trinajstić information content (AvgIpc) is 2.39. The quantitative estimate of drug-likeness (QED) is 0.505. The van der Waals surface area contributed by atoms with E-state index in [-0.39, 0.29) is 23.0 Å². The van der Waals surface area contributed by atoms with Gasteiger partial charge in [0.2, 0.25) is 0 Å². The highest BCUT2D eigenvalue weighted by Crippen LogP contribution is 2.26. The Morgan fingerprint density at radius 2 is 1.15 bits per heavy atom. The molecular weight excluding hydrogens is 256 g/mol. The van der Waals surface area contributed by atoms with Crippen LogP contribution in [0.4, 0.5) is 0 Å². The van der Waals surface area contributed by atoms with E-state index in [0.29, 0.717) is 0 Å². The molecule has 3 aromatic carbocycles. The first-order valence-corrected chi connectivity index (χ1v) is 5.95. The molecule has 3 aromatic rings. The summed E-state index contributed by atoms with van der Waals surface area (Å²) in [5, 5.41) is 37.4. The molecule has 0 unspecified atom stereocenters. The largest absolute Gasteiger partial charge is 0.508 e. The van der Waals surface area contributed by atoms with Gasteiger partial charge in [0, 0.05) is 11.5 Å². The minimum absolute atomic E-state index is 0.0880. The molecule has 4 N–H and O–H groups in total. The van der Waals surface area contributed by atoms with Crippen LogP contribution in [0.1, 0.15) is 0 Å². The number of phenolic OH excluding ortho intramolecular Hbond substituents is 4. The molecule has 0 saturated heterocycles. The molecular formula is C16H14O4. The second kappa shape index (κ2) is 5.84. The van der Waals surface area contributed by atoms with E-state index in [0.717, 1.165) is 10.8 Å². The average molecular weight is 270 g/mol. The van der Waals surface area contributed by atoms with Gasteiger partial charge in [-0.05, 0) is 41.8 Å². The summed E-state index contributed by atoms with van der Waals surface area (Å²) in [4.78, 5) is 0. The standard InChI is InChI=1S/C10H8O2.C6H6O2/c11-8-4-5-9-7(6-8)2-1-3-10(9)12;7-5-2-1-3-6(8)4-5/h1-6,11-12H;1-4,7-8H. The SMILES string of the molecule is Oc1ccc2c(O)cccc2c1.Oc1cccc(O)c1. The highest BCUT2D eigenvalue weighted by atomic mass is 16.3. The third-order valence-corrected chi connectivity index (χ3v) is 2.67. The van der Waals surface area contributed by atoms with Crippen LogP contribution in [0.3, 0.4) is 0 Å². The van der Waals surface area contributed by atoms with Gasteiger partial charge in [-0.2, -0.15) is 0 Å². The maximum atomic E-state index is 9.38. The van der Waals surface area contributed by atoms with Crippen LogP contribution in [0.15, 0.2) is 60.7 Å². The van der Waals surface area contributed by atoms with Crippen LogP contribution in [0.5, 0.6) is 23.0 Å². The zero-order chi connectivity index (χ0) is 14.5. The molecule has 0 radical (unpaired) electrons. The monoisotopic (exact) mass is 270 g/mol. The Bertz CT molecular complexity index is 705. The number of phenols is 4. The topological polar surface area (TPSA) is 80.9 Å². The molecule has 0 aliphatic rings. The van der Waals surface area contributed by atoms with E-state index in [1.54, 1.807) is 36.4 Å². The lowest BCUT2D eigenvalue weighted by Gasteiger charge is -1.99. The van der Waals surface area contributed by atoms with E-state index >= 15 is 0 Å². The Kier molecular flexibility index (Phi) is 3.96. The zero-order valence-corrected chi connectivity index (χ0v) is 10.6. The molecule has 4 nitrogen and oxygen atoms in total. The van der Waals surface area contributed by atoms with Gasteiger partial charge >= 0.3 is 0 Å². The molecule has 3 rings (SSSR count). The molecule has 0 saturated carbocycles. The van der Waals surface area contributed by atoms with Crippen LogP contribution in [-0.2, 0) is 0 Å². The van der Waals surface area contributed by atoms with Gasteiger partial charge in [-0.1, -0.05) is 18.2 Å². The second-order valence-electron chi connectivity index (χ2n) is 4.20. The van der Waals surface area contributed by atoms with E-state index in [2.05, 4.69) is 0 Å². The summed E-state index contributed by atoms with van der Waals surface area (Å²) in [7, 11) is 0. The van der Waals surface area contributed by atoms with Gasteiger partial charge in [0.25, 0.3) is 0 Å². The van der Waals surface area contributed by atoms with Crippen LogP contribution in [0.2, 0.25) is 0 Å². The van der Waals surface area contributed by atoms with Crippen molar-refractivity contribution in [1.29, 1.82) is 0 Å². The molecule has 4 heteroatoms. The zero-order valence-electron chi connectivity index (χ0n) is 10.6. The first-order chi connectivity index (χ1) is 9.56. The van der Waals surface area contributed by atoms with Gasteiger partial charge in [-0.15, -0.1) is 0 Å².